The van der Waals surface area contributed by atoms with Crippen molar-refractivity contribution in [1.29, 1.82) is 5.26 Å². The number of nitriles is 1. The fourth-order valence-corrected chi connectivity index (χ4v) is 3.68. The summed E-state index contributed by atoms with van der Waals surface area (Å²) in [4.78, 5) is 30.6. The van der Waals surface area contributed by atoms with Crippen LogP contribution in [0.25, 0.3) is 0 Å². The molecule has 0 saturated heterocycles. The second-order valence-electron chi connectivity index (χ2n) is 6.92. The molecular weight excluding hydrogens is 384 g/mol. The Labute approximate surface area is 173 Å². The van der Waals surface area contributed by atoms with Crippen LogP contribution in [0.5, 0.6) is 0 Å². The Bertz CT molecular complexity index is 1030. The molecule has 146 valence electrons. The van der Waals surface area contributed by atoms with Gasteiger partial charge < -0.3 is 5.32 Å². The van der Waals surface area contributed by atoms with Gasteiger partial charge in [-0.05, 0) is 48.4 Å². The number of rotatable bonds is 7. The standard InChI is InChI=1S/C21H20N6OS/c1-2-18-24-20(26-19-15(12-22)9-10-23-19)27-21(25-18)29-16-7-3-13(4-8-16)11-17(28)14-5-6-14/h3-4,7-9,14H,2,5-6,10-11H2,1H3,(H,23,24,25,26,27). The van der Waals surface area contributed by atoms with E-state index in [0.717, 1.165) is 23.3 Å². The van der Waals surface area contributed by atoms with E-state index < -0.39 is 0 Å². The summed E-state index contributed by atoms with van der Waals surface area (Å²) in [6.45, 7) is 2.46. The van der Waals surface area contributed by atoms with Gasteiger partial charge in [-0.15, -0.1) is 0 Å². The number of Topliss-reactive ketones (excluding diaryl/α,β-unsaturated/α-hetero) is 1. The van der Waals surface area contributed by atoms with Gasteiger partial charge in [0.15, 0.2) is 5.16 Å². The number of hydrogen-bond acceptors (Lipinski definition) is 8. The lowest BCUT2D eigenvalue weighted by Crippen LogP contribution is -2.16. The summed E-state index contributed by atoms with van der Waals surface area (Å²) in [6.07, 6.45) is 5.02. The number of amidine groups is 1. The van der Waals surface area contributed by atoms with Crippen LogP contribution >= 0.6 is 11.8 Å². The van der Waals surface area contributed by atoms with E-state index in [1.807, 2.05) is 31.2 Å². The van der Waals surface area contributed by atoms with Gasteiger partial charge in [0.05, 0.1) is 12.1 Å². The molecule has 0 amide bonds. The smallest absolute Gasteiger partial charge is 0.232 e. The molecule has 0 bridgehead atoms. The lowest BCUT2D eigenvalue weighted by atomic mass is 10.1. The zero-order valence-corrected chi connectivity index (χ0v) is 16.9. The van der Waals surface area contributed by atoms with Crippen molar-refractivity contribution in [3.8, 4) is 6.07 Å². The highest BCUT2D eigenvalue weighted by atomic mass is 32.2. The first-order chi connectivity index (χ1) is 14.1. The maximum atomic E-state index is 12.0. The third kappa shape index (κ3) is 4.87. The normalized spacial score (nSPS) is 15.4. The third-order valence-electron chi connectivity index (χ3n) is 4.67. The van der Waals surface area contributed by atoms with Crippen molar-refractivity contribution >= 4 is 29.3 Å². The van der Waals surface area contributed by atoms with Gasteiger partial charge in [-0.25, -0.2) is 4.98 Å². The Kier molecular flexibility index (Phi) is 5.67. The fourth-order valence-electron chi connectivity index (χ4n) is 2.91. The second kappa shape index (κ2) is 8.53. The molecule has 1 aromatic carbocycles. The number of carbonyl (C=O) groups is 1. The summed E-state index contributed by atoms with van der Waals surface area (Å²) >= 11 is 1.44. The molecule has 4 rings (SSSR count). The maximum absolute atomic E-state index is 12.0. The molecule has 0 unspecified atom stereocenters. The van der Waals surface area contributed by atoms with Crippen molar-refractivity contribution < 1.29 is 4.79 Å². The molecule has 1 fully saturated rings. The second-order valence-corrected chi connectivity index (χ2v) is 7.96. The highest BCUT2D eigenvalue weighted by Crippen LogP contribution is 2.31. The minimum atomic E-state index is 0.286. The van der Waals surface area contributed by atoms with Crippen LogP contribution in [0.15, 0.2) is 51.0 Å². The third-order valence-corrected chi connectivity index (χ3v) is 5.54. The SMILES string of the molecule is CCc1nc(NC2=NCC=C2C#N)nc(Sc2ccc(CC(=O)C3CC3)cc2)n1. The van der Waals surface area contributed by atoms with Crippen LogP contribution in [0.4, 0.5) is 5.95 Å². The van der Waals surface area contributed by atoms with Crippen molar-refractivity contribution in [3.63, 3.8) is 0 Å². The molecular formula is C21H20N6OS. The minimum Gasteiger partial charge on any atom is -0.308 e. The first-order valence-electron chi connectivity index (χ1n) is 9.61. The van der Waals surface area contributed by atoms with E-state index >= 15 is 0 Å². The van der Waals surface area contributed by atoms with E-state index in [0.29, 0.717) is 53.5 Å². The van der Waals surface area contributed by atoms with Crippen LogP contribution in [0.3, 0.4) is 0 Å². The van der Waals surface area contributed by atoms with E-state index in [9.17, 15) is 4.79 Å². The quantitative estimate of drug-likeness (QED) is 0.754. The Morgan fingerprint density at radius 1 is 1.24 bits per heavy atom. The van der Waals surface area contributed by atoms with E-state index in [1.165, 1.54) is 11.8 Å². The van der Waals surface area contributed by atoms with Gasteiger partial charge >= 0.3 is 0 Å². The number of nitrogens with zero attached hydrogens (tertiary/aromatic N) is 5. The number of aliphatic imine (C=N–C) groups is 1. The topological polar surface area (TPSA) is 104 Å². The molecule has 2 aromatic rings. The average molecular weight is 404 g/mol. The van der Waals surface area contributed by atoms with Crippen LogP contribution in [0.1, 0.15) is 31.2 Å². The van der Waals surface area contributed by atoms with E-state index in [4.69, 9.17) is 5.26 Å². The molecule has 2 aliphatic rings. The molecule has 0 atom stereocenters. The largest absolute Gasteiger partial charge is 0.308 e. The van der Waals surface area contributed by atoms with Crippen molar-refractivity contribution in [2.75, 3.05) is 11.9 Å². The van der Waals surface area contributed by atoms with Gasteiger partial charge in [0.25, 0.3) is 0 Å². The molecule has 2 heterocycles. The summed E-state index contributed by atoms with van der Waals surface area (Å²) in [5.41, 5.74) is 1.53. The number of benzene rings is 1. The zero-order chi connectivity index (χ0) is 20.2. The van der Waals surface area contributed by atoms with Crippen LogP contribution in [-0.2, 0) is 17.6 Å². The van der Waals surface area contributed by atoms with Gasteiger partial charge in [0.2, 0.25) is 5.95 Å². The van der Waals surface area contributed by atoms with Gasteiger partial charge in [0.1, 0.15) is 23.5 Å². The highest BCUT2D eigenvalue weighted by molar-refractivity contribution is 7.99. The molecule has 1 aliphatic carbocycles. The van der Waals surface area contributed by atoms with Crippen LogP contribution in [-0.4, -0.2) is 33.1 Å². The Balaban J connectivity index is 1.47. The summed E-state index contributed by atoms with van der Waals surface area (Å²) < 4.78 is 0. The van der Waals surface area contributed by atoms with Crippen molar-refractivity contribution in [2.24, 2.45) is 10.9 Å². The van der Waals surface area contributed by atoms with Crippen molar-refractivity contribution in [1.82, 2.24) is 15.0 Å². The maximum Gasteiger partial charge on any atom is 0.232 e. The number of aryl methyl sites for hydroxylation is 1. The molecule has 0 radical (unpaired) electrons. The summed E-state index contributed by atoms with van der Waals surface area (Å²) in [6, 6.07) is 10.1. The molecule has 0 spiro atoms. The predicted molar refractivity (Wildman–Crippen MR) is 111 cm³/mol. The Hall–Kier alpha value is -3.05. The molecule has 1 N–H and O–H groups in total. The van der Waals surface area contributed by atoms with E-state index in [-0.39, 0.29) is 5.92 Å². The molecule has 1 aromatic heterocycles. The first kappa shape index (κ1) is 19.3. The van der Waals surface area contributed by atoms with Crippen LogP contribution in [0, 0.1) is 17.2 Å². The summed E-state index contributed by atoms with van der Waals surface area (Å²) in [7, 11) is 0. The number of ketones is 1. The molecule has 1 saturated carbocycles. The summed E-state index contributed by atoms with van der Waals surface area (Å²) in [5.74, 6) is 2.16. The number of nitrogens with one attached hydrogen (secondary N) is 1. The Morgan fingerprint density at radius 2 is 2.03 bits per heavy atom. The molecule has 29 heavy (non-hydrogen) atoms. The monoisotopic (exact) mass is 404 g/mol. The van der Waals surface area contributed by atoms with E-state index in [1.54, 1.807) is 6.08 Å². The van der Waals surface area contributed by atoms with Crippen LogP contribution in [0.2, 0.25) is 0 Å². The number of anilines is 1. The average Bonchev–Trinajstić information content (AvgIpc) is 3.49. The van der Waals surface area contributed by atoms with Crippen molar-refractivity contribution in [2.45, 2.75) is 42.7 Å². The van der Waals surface area contributed by atoms with Gasteiger partial charge in [-0.3, -0.25) is 9.79 Å². The van der Waals surface area contributed by atoms with E-state index in [2.05, 4.69) is 31.3 Å². The first-order valence-corrected chi connectivity index (χ1v) is 10.4. The fraction of sp³-hybridized carbons (Fsp3) is 0.333. The highest BCUT2D eigenvalue weighted by Gasteiger charge is 2.29. The van der Waals surface area contributed by atoms with Gasteiger partial charge in [-0.1, -0.05) is 19.1 Å². The molecule has 7 nitrogen and oxygen atoms in total. The van der Waals surface area contributed by atoms with Gasteiger partial charge in [0, 0.05) is 23.7 Å². The van der Waals surface area contributed by atoms with Crippen LogP contribution < -0.4 is 5.32 Å². The number of hydrogen-bond donors (Lipinski definition) is 1. The van der Waals surface area contributed by atoms with Gasteiger partial charge in [-0.2, -0.15) is 15.2 Å². The lowest BCUT2D eigenvalue weighted by Gasteiger charge is -2.08. The van der Waals surface area contributed by atoms with Crippen molar-refractivity contribution in [3.05, 3.63) is 47.3 Å². The summed E-state index contributed by atoms with van der Waals surface area (Å²) in [5, 5.41) is 12.8. The predicted octanol–water partition coefficient (Wildman–Crippen LogP) is 3.38. The molecule has 8 heteroatoms. The Morgan fingerprint density at radius 3 is 2.72 bits per heavy atom. The minimum absolute atomic E-state index is 0.286. The number of carbonyl (C=O) groups excluding carboxylic acids is 1. The zero-order valence-electron chi connectivity index (χ0n) is 16.1. The molecule has 1 aliphatic heterocycles. The lowest BCUT2D eigenvalue weighted by molar-refractivity contribution is -0.119. The number of aromatic nitrogens is 3.